The van der Waals surface area contributed by atoms with E-state index in [1.165, 1.54) is 39.0 Å². The molecule has 0 N–H and O–H groups in total. The minimum atomic E-state index is -1.79. The maximum absolute atomic E-state index is 7.10. The molecule has 39 heavy (non-hydrogen) atoms. The second kappa shape index (κ2) is 12.6. The van der Waals surface area contributed by atoms with E-state index in [2.05, 4.69) is 127 Å². The zero-order valence-corrected chi connectivity index (χ0v) is 24.6. The molecular weight excluding hydrogens is 492 g/mol. The van der Waals surface area contributed by atoms with E-state index in [0.29, 0.717) is 0 Å². The Morgan fingerprint density at radius 2 is 1.44 bits per heavy atom. The molecule has 3 aromatic carbocycles. The molecule has 5 rings (SSSR count). The standard InChI is InChI=1S/C35H40N2OSi/c1-35(2,3)34(38-39(30-18-7-4-8-19-30)31-20-9-5-10-21-31)23-11-6-14-25-37-32-22-13-12-16-28(32)26-33(37)29-17-15-24-36-27-29/h4-5,7-10,12-13,15-22,24,26-27,34,39H,6,11,14,23,25H2,1-3H3. The summed E-state index contributed by atoms with van der Waals surface area (Å²) < 4.78 is 9.57. The molecular formula is C35H40N2OSi. The first-order valence-corrected chi connectivity index (χ1v) is 15.9. The van der Waals surface area contributed by atoms with Crippen molar-refractivity contribution < 1.29 is 4.43 Å². The van der Waals surface area contributed by atoms with Gasteiger partial charge in [-0.25, -0.2) is 0 Å². The van der Waals surface area contributed by atoms with Crippen molar-refractivity contribution >= 4 is 30.3 Å². The third-order valence-corrected chi connectivity index (χ3v) is 10.2. The number of para-hydroxylation sites is 1. The molecule has 0 amide bonds. The van der Waals surface area contributed by atoms with Crippen molar-refractivity contribution in [2.45, 2.75) is 59.1 Å². The largest absolute Gasteiger partial charge is 0.407 e. The van der Waals surface area contributed by atoms with E-state index in [4.69, 9.17) is 4.43 Å². The minimum absolute atomic E-state index is 0.0823. The van der Waals surface area contributed by atoms with Gasteiger partial charge < -0.3 is 8.99 Å². The Labute approximate surface area is 235 Å². The summed E-state index contributed by atoms with van der Waals surface area (Å²) in [5.74, 6) is 0. The highest BCUT2D eigenvalue weighted by Gasteiger charge is 2.30. The van der Waals surface area contributed by atoms with Gasteiger partial charge in [-0.05, 0) is 52.9 Å². The molecule has 0 saturated carbocycles. The van der Waals surface area contributed by atoms with Crippen molar-refractivity contribution in [3.05, 3.63) is 116 Å². The van der Waals surface area contributed by atoms with Gasteiger partial charge in [-0.2, -0.15) is 0 Å². The molecule has 200 valence electrons. The zero-order chi connectivity index (χ0) is 27.1. The van der Waals surface area contributed by atoms with Gasteiger partial charge in [0.05, 0.1) is 11.8 Å². The second-order valence-corrected chi connectivity index (χ2v) is 13.9. The Balaban J connectivity index is 1.26. The molecule has 0 aliphatic carbocycles. The molecule has 0 aliphatic heterocycles. The monoisotopic (exact) mass is 532 g/mol. The van der Waals surface area contributed by atoms with Crippen LogP contribution in [0.15, 0.2) is 116 Å². The van der Waals surface area contributed by atoms with Crippen molar-refractivity contribution in [1.82, 2.24) is 9.55 Å². The number of unbranched alkanes of at least 4 members (excludes halogenated alkanes) is 2. The van der Waals surface area contributed by atoms with E-state index in [1.807, 2.05) is 18.5 Å². The van der Waals surface area contributed by atoms with Gasteiger partial charge in [-0.3, -0.25) is 4.98 Å². The fourth-order valence-electron chi connectivity index (χ4n) is 5.46. The summed E-state index contributed by atoms with van der Waals surface area (Å²) in [6.45, 7) is 7.98. The summed E-state index contributed by atoms with van der Waals surface area (Å²) in [5, 5.41) is 3.98. The average molecular weight is 533 g/mol. The van der Waals surface area contributed by atoms with Crippen LogP contribution in [-0.4, -0.2) is 24.7 Å². The summed E-state index contributed by atoms with van der Waals surface area (Å²) in [5.41, 5.74) is 3.80. The van der Waals surface area contributed by atoms with E-state index >= 15 is 0 Å². The van der Waals surface area contributed by atoms with Crippen molar-refractivity contribution in [1.29, 1.82) is 0 Å². The summed E-state index contributed by atoms with van der Waals surface area (Å²) >= 11 is 0. The van der Waals surface area contributed by atoms with Gasteiger partial charge >= 0.3 is 0 Å². The number of hydrogen-bond donors (Lipinski definition) is 0. The number of hydrogen-bond acceptors (Lipinski definition) is 2. The first-order chi connectivity index (χ1) is 19.0. The SMILES string of the molecule is CC(C)(C)C(CCCCCn1c(-c2cccnc2)cc2ccccc21)O[SiH](c1ccccc1)c1ccccc1. The van der Waals surface area contributed by atoms with Crippen LogP contribution < -0.4 is 10.4 Å². The normalized spacial score (nSPS) is 12.7. The first kappa shape index (κ1) is 27.1. The molecule has 5 aromatic rings. The smallest absolute Gasteiger partial charge is 0.240 e. The first-order valence-electron chi connectivity index (χ1n) is 14.2. The maximum Gasteiger partial charge on any atom is 0.240 e. The Bertz CT molecular complexity index is 1400. The van der Waals surface area contributed by atoms with Crippen molar-refractivity contribution in [2.24, 2.45) is 5.41 Å². The van der Waals surface area contributed by atoms with Gasteiger partial charge in [-0.1, -0.05) is 112 Å². The predicted molar refractivity (Wildman–Crippen MR) is 167 cm³/mol. The fourth-order valence-corrected chi connectivity index (χ4v) is 8.17. The quantitative estimate of drug-likeness (QED) is 0.132. The average Bonchev–Trinajstić information content (AvgIpc) is 3.34. The molecule has 0 spiro atoms. The molecule has 0 saturated heterocycles. The predicted octanol–water partition coefficient (Wildman–Crippen LogP) is 7.23. The van der Waals surface area contributed by atoms with Gasteiger partial charge in [0.1, 0.15) is 0 Å². The van der Waals surface area contributed by atoms with Gasteiger partial charge in [0.2, 0.25) is 9.04 Å². The summed E-state index contributed by atoms with van der Waals surface area (Å²) in [6, 6.07) is 36.9. The minimum Gasteiger partial charge on any atom is -0.407 e. The molecule has 2 heterocycles. The number of aromatic nitrogens is 2. The number of rotatable bonds is 11. The number of fused-ring (bicyclic) bond motifs is 1. The van der Waals surface area contributed by atoms with Crippen LogP contribution >= 0.6 is 0 Å². The molecule has 0 bridgehead atoms. The molecule has 4 heteroatoms. The van der Waals surface area contributed by atoms with Gasteiger partial charge in [0.15, 0.2) is 0 Å². The van der Waals surface area contributed by atoms with E-state index in [0.717, 1.165) is 25.8 Å². The Kier molecular flexibility index (Phi) is 8.75. The lowest BCUT2D eigenvalue weighted by Gasteiger charge is -2.34. The number of benzene rings is 3. The topological polar surface area (TPSA) is 27.1 Å². The van der Waals surface area contributed by atoms with Crippen LogP contribution in [0.1, 0.15) is 46.5 Å². The molecule has 0 aliphatic rings. The van der Waals surface area contributed by atoms with Crippen LogP contribution in [0.2, 0.25) is 0 Å². The molecule has 1 unspecified atom stereocenters. The highest BCUT2D eigenvalue weighted by atomic mass is 28.3. The van der Waals surface area contributed by atoms with Gasteiger partial charge in [0, 0.05) is 35.4 Å². The molecule has 1 atom stereocenters. The zero-order valence-electron chi connectivity index (χ0n) is 23.5. The van der Waals surface area contributed by atoms with Crippen LogP contribution in [0.5, 0.6) is 0 Å². The molecule has 3 nitrogen and oxygen atoms in total. The highest BCUT2D eigenvalue weighted by molar-refractivity contribution is 6.80. The second-order valence-electron chi connectivity index (χ2n) is 11.5. The van der Waals surface area contributed by atoms with Gasteiger partial charge in [0.25, 0.3) is 0 Å². The molecule has 2 aromatic heterocycles. The number of aryl methyl sites for hydroxylation is 1. The van der Waals surface area contributed by atoms with Crippen molar-refractivity contribution in [3.63, 3.8) is 0 Å². The van der Waals surface area contributed by atoms with Crippen molar-refractivity contribution in [2.75, 3.05) is 0 Å². The molecule has 0 fully saturated rings. The Morgan fingerprint density at radius 3 is 2.08 bits per heavy atom. The third kappa shape index (κ3) is 6.76. The lowest BCUT2D eigenvalue weighted by molar-refractivity contribution is 0.0787. The number of nitrogens with zero attached hydrogens (tertiary/aromatic N) is 2. The van der Waals surface area contributed by atoms with Crippen LogP contribution in [-0.2, 0) is 11.0 Å². The molecule has 0 radical (unpaired) electrons. The van der Waals surface area contributed by atoms with E-state index < -0.39 is 9.04 Å². The fraction of sp³-hybridized carbons (Fsp3) is 0.286. The van der Waals surface area contributed by atoms with E-state index in [-0.39, 0.29) is 11.5 Å². The van der Waals surface area contributed by atoms with Crippen LogP contribution in [0.4, 0.5) is 0 Å². The Hall–Kier alpha value is -3.47. The third-order valence-electron chi connectivity index (χ3n) is 7.59. The maximum atomic E-state index is 7.10. The van der Waals surface area contributed by atoms with Gasteiger partial charge in [-0.15, -0.1) is 0 Å². The summed E-state index contributed by atoms with van der Waals surface area (Å²) in [7, 11) is -1.79. The van der Waals surface area contributed by atoms with E-state index in [1.54, 1.807) is 0 Å². The van der Waals surface area contributed by atoms with Crippen molar-refractivity contribution in [3.8, 4) is 11.3 Å². The van der Waals surface area contributed by atoms with Crippen LogP contribution in [0, 0.1) is 5.41 Å². The lowest BCUT2D eigenvalue weighted by atomic mass is 9.86. The highest BCUT2D eigenvalue weighted by Crippen LogP contribution is 2.30. The summed E-state index contributed by atoms with van der Waals surface area (Å²) in [6.07, 6.45) is 8.58. The summed E-state index contributed by atoms with van der Waals surface area (Å²) in [4.78, 5) is 4.37. The van der Waals surface area contributed by atoms with Crippen LogP contribution in [0.25, 0.3) is 22.2 Å². The van der Waals surface area contributed by atoms with E-state index in [9.17, 15) is 0 Å². The van der Waals surface area contributed by atoms with Crippen LogP contribution in [0.3, 0.4) is 0 Å². The number of pyridine rings is 1. The Morgan fingerprint density at radius 1 is 0.769 bits per heavy atom. The lowest BCUT2D eigenvalue weighted by Crippen LogP contribution is -2.49.